The number of amides is 2. The van der Waals surface area contributed by atoms with Gasteiger partial charge in [-0.1, -0.05) is 59.6 Å². The fraction of sp³-hybridized carbons (Fsp3) is 0.353. The Kier molecular flexibility index (Phi) is 10.7. The Morgan fingerprint density at radius 2 is 1.44 bits per heavy atom. The average Bonchev–Trinajstić information content (AvgIpc) is 3.54. The zero-order chi connectivity index (χ0) is 33.6. The highest BCUT2D eigenvalue weighted by Crippen LogP contribution is 2.42. The van der Waals surface area contributed by atoms with Crippen LogP contribution in [-0.2, 0) is 22.7 Å². The van der Waals surface area contributed by atoms with Crippen LogP contribution < -0.4 is 20.1 Å². The third kappa shape index (κ3) is 7.36. The quantitative estimate of drug-likeness (QED) is 0.208. The number of rotatable bonds is 12. The maximum absolute atomic E-state index is 11.5. The van der Waals surface area contributed by atoms with Crippen molar-refractivity contribution in [1.29, 1.82) is 0 Å². The van der Waals surface area contributed by atoms with Crippen LogP contribution in [0.3, 0.4) is 0 Å². The van der Waals surface area contributed by atoms with E-state index in [1.165, 1.54) is 0 Å². The van der Waals surface area contributed by atoms with Gasteiger partial charge in [-0.2, -0.15) is 0 Å². The molecule has 2 fully saturated rings. The van der Waals surface area contributed by atoms with Crippen molar-refractivity contribution in [2.45, 2.75) is 32.0 Å². The molecule has 0 saturated carbocycles. The first-order chi connectivity index (χ1) is 23.4. The Balaban J connectivity index is 1.22. The van der Waals surface area contributed by atoms with Crippen LogP contribution in [0.15, 0.2) is 48.8 Å². The van der Waals surface area contributed by atoms with Crippen LogP contribution in [0.2, 0.25) is 10.0 Å². The summed E-state index contributed by atoms with van der Waals surface area (Å²) in [4.78, 5) is 45.3. The second-order valence-corrected chi connectivity index (χ2v) is 12.4. The van der Waals surface area contributed by atoms with Gasteiger partial charge in [-0.25, -0.2) is 9.97 Å². The first kappa shape index (κ1) is 33.5. The Morgan fingerprint density at radius 3 is 1.98 bits per heavy atom. The molecule has 6 rings (SSSR count). The molecule has 0 radical (unpaired) electrons. The Labute approximate surface area is 288 Å². The van der Waals surface area contributed by atoms with E-state index in [0.29, 0.717) is 94.9 Å². The molecule has 0 aliphatic carbocycles. The summed E-state index contributed by atoms with van der Waals surface area (Å²) in [7, 11) is 3.13. The molecular weight excluding hydrogens is 655 g/mol. The lowest BCUT2D eigenvalue weighted by molar-refractivity contribution is -0.120. The number of carbonyl (C=O) groups excluding carboxylic acids is 2. The Bertz CT molecular complexity index is 1800. The van der Waals surface area contributed by atoms with Gasteiger partial charge in [0.15, 0.2) is 0 Å². The molecule has 0 bridgehead atoms. The van der Waals surface area contributed by atoms with Gasteiger partial charge in [0.25, 0.3) is 0 Å². The van der Waals surface area contributed by atoms with Crippen LogP contribution in [0.25, 0.3) is 33.6 Å². The van der Waals surface area contributed by atoms with Gasteiger partial charge in [0.05, 0.1) is 48.0 Å². The molecule has 2 aliphatic heterocycles. The molecule has 14 heteroatoms. The van der Waals surface area contributed by atoms with E-state index >= 15 is 0 Å². The number of piperazine rings is 1. The van der Waals surface area contributed by atoms with Crippen molar-refractivity contribution in [2.75, 3.05) is 46.9 Å². The minimum Gasteiger partial charge on any atom is -0.480 e. The van der Waals surface area contributed by atoms with Gasteiger partial charge in [-0.05, 0) is 6.42 Å². The Morgan fingerprint density at radius 1 is 0.875 bits per heavy atom. The minimum absolute atomic E-state index is 0.0810. The van der Waals surface area contributed by atoms with Crippen molar-refractivity contribution >= 4 is 35.5 Å². The van der Waals surface area contributed by atoms with Gasteiger partial charge in [0.2, 0.25) is 24.1 Å². The van der Waals surface area contributed by atoms with Gasteiger partial charge in [-0.3, -0.25) is 24.5 Å². The summed E-state index contributed by atoms with van der Waals surface area (Å²) in [6.45, 7) is 4.49. The predicted molar refractivity (Wildman–Crippen MR) is 183 cm³/mol. The largest absolute Gasteiger partial charge is 0.480 e. The summed E-state index contributed by atoms with van der Waals surface area (Å²) in [5.41, 5.74) is 5.28. The molecule has 250 valence electrons. The van der Waals surface area contributed by atoms with Crippen molar-refractivity contribution in [3.63, 3.8) is 0 Å². The zero-order valence-electron chi connectivity index (χ0n) is 26.7. The van der Waals surface area contributed by atoms with Gasteiger partial charge in [0, 0.05) is 80.5 Å². The van der Waals surface area contributed by atoms with E-state index in [1.54, 1.807) is 31.5 Å². The van der Waals surface area contributed by atoms with E-state index in [-0.39, 0.29) is 11.9 Å². The van der Waals surface area contributed by atoms with Crippen LogP contribution in [0.4, 0.5) is 0 Å². The van der Waals surface area contributed by atoms with E-state index in [2.05, 4.69) is 20.5 Å². The van der Waals surface area contributed by atoms with E-state index in [1.807, 2.05) is 36.4 Å². The van der Waals surface area contributed by atoms with E-state index in [4.69, 9.17) is 47.6 Å². The van der Waals surface area contributed by atoms with Gasteiger partial charge in [-0.15, -0.1) is 0 Å². The second-order valence-electron chi connectivity index (χ2n) is 11.6. The number of halogens is 2. The van der Waals surface area contributed by atoms with E-state index in [0.717, 1.165) is 37.0 Å². The average molecular weight is 692 g/mol. The molecule has 2 N–H and O–H groups in total. The topological polar surface area (TPSA) is 135 Å². The van der Waals surface area contributed by atoms with Crippen molar-refractivity contribution in [3.05, 3.63) is 70.2 Å². The minimum atomic E-state index is 0.0810. The SMILES string of the molecule is COc1nc(-c2cccc(-c3cccc(-c4cnc(CN5CCN(C=O)CC5)c(OC)n4)c3Cl)c2Cl)cnc1CNCC1CCC(=O)N1. The maximum atomic E-state index is 11.5. The molecule has 2 aliphatic rings. The smallest absolute Gasteiger partial charge is 0.237 e. The van der Waals surface area contributed by atoms with E-state index < -0.39 is 0 Å². The normalized spacial score (nSPS) is 16.5. The standard InChI is InChI=1S/C34H36Cl2N8O4/c1-47-33-28(16-37-15-21-9-10-30(46)40-21)38-17-26(41-33)24-7-3-5-22(31(24)35)23-6-4-8-25(32(23)36)27-18-39-29(34(42-27)48-2)19-43-11-13-44(20-45)14-12-43/h3-8,17-18,20-21,37H,9-16,19H2,1-2H3,(H,40,46). The lowest BCUT2D eigenvalue weighted by Gasteiger charge is -2.32. The van der Waals surface area contributed by atoms with Crippen molar-refractivity contribution < 1.29 is 19.1 Å². The number of hydrogen-bond acceptors (Lipinski definition) is 10. The third-order valence-electron chi connectivity index (χ3n) is 8.55. The summed E-state index contributed by atoms with van der Waals surface area (Å²) in [5, 5.41) is 7.21. The van der Waals surface area contributed by atoms with Crippen LogP contribution in [0.5, 0.6) is 11.8 Å². The first-order valence-corrected chi connectivity index (χ1v) is 16.4. The summed E-state index contributed by atoms with van der Waals surface area (Å²) >= 11 is 14.1. The number of nitrogens with one attached hydrogen (secondary N) is 2. The molecule has 2 aromatic carbocycles. The molecule has 2 amide bonds. The highest BCUT2D eigenvalue weighted by Gasteiger charge is 2.23. The molecule has 0 spiro atoms. The highest BCUT2D eigenvalue weighted by molar-refractivity contribution is 6.39. The van der Waals surface area contributed by atoms with Crippen LogP contribution in [0.1, 0.15) is 24.2 Å². The molecule has 48 heavy (non-hydrogen) atoms. The molecule has 1 atom stereocenters. The second kappa shape index (κ2) is 15.2. The summed E-state index contributed by atoms with van der Waals surface area (Å²) < 4.78 is 11.2. The summed E-state index contributed by atoms with van der Waals surface area (Å²) in [6, 6.07) is 11.5. The number of carbonyl (C=O) groups is 2. The number of hydrogen-bond donors (Lipinski definition) is 2. The monoisotopic (exact) mass is 690 g/mol. The van der Waals surface area contributed by atoms with Crippen molar-refractivity contribution in [3.8, 4) is 45.4 Å². The molecule has 4 heterocycles. The van der Waals surface area contributed by atoms with Gasteiger partial charge in [0.1, 0.15) is 11.4 Å². The van der Waals surface area contributed by atoms with Crippen molar-refractivity contribution in [2.24, 2.45) is 0 Å². The lowest BCUT2D eigenvalue weighted by Crippen LogP contribution is -2.45. The van der Waals surface area contributed by atoms with Gasteiger partial charge >= 0.3 is 0 Å². The molecule has 4 aromatic rings. The fourth-order valence-corrected chi connectivity index (χ4v) is 6.57. The van der Waals surface area contributed by atoms with Crippen LogP contribution in [-0.4, -0.2) is 95.0 Å². The van der Waals surface area contributed by atoms with Crippen LogP contribution >= 0.6 is 23.2 Å². The number of ether oxygens (including phenoxy) is 2. The summed E-state index contributed by atoms with van der Waals surface area (Å²) in [6.07, 6.45) is 5.62. The van der Waals surface area contributed by atoms with Crippen molar-refractivity contribution in [1.82, 2.24) is 40.4 Å². The number of methoxy groups -OCH3 is 2. The first-order valence-electron chi connectivity index (χ1n) is 15.7. The van der Waals surface area contributed by atoms with Crippen LogP contribution in [0, 0.1) is 0 Å². The lowest BCUT2D eigenvalue weighted by atomic mass is 9.98. The summed E-state index contributed by atoms with van der Waals surface area (Å²) in [5.74, 6) is 0.886. The zero-order valence-corrected chi connectivity index (χ0v) is 28.2. The van der Waals surface area contributed by atoms with E-state index in [9.17, 15) is 9.59 Å². The maximum Gasteiger partial charge on any atom is 0.237 e. The molecular formula is C34H36Cl2N8O4. The number of nitrogens with zero attached hydrogens (tertiary/aromatic N) is 6. The van der Waals surface area contributed by atoms with Gasteiger partial charge < -0.3 is 25.0 Å². The molecule has 12 nitrogen and oxygen atoms in total. The number of benzene rings is 2. The predicted octanol–water partition coefficient (Wildman–Crippen LogP) is 4.23. The fourth-order valence-electron chi connectivity index (χ4n) is 5.92. The highest BCUT2D eigenvalue weighted by atomic mass is 35.5. The third-order valence-corrected chi connectivity index (χ3v) is 9.36. The number of aromatic nitrogens is 4. The molecule has 2 saturated heterocycles. The Hall–Kier alpha value is -4.36. The molecule has 2 aromatic heterocycles. The molecule has 1 unspecified atom stereocenters.